The van der Waals surface area contributed by atoms with Gasteiger partial charge in [-0.25, -0.2) is 0 Å². The van der Waals surface area contributed by atoms with Crippen LogP contribution in [0.4, 0.5) is 5.69 Å². The highest BCUT2D eigenvalue weighted by molar-refractivity contribution is 5.51. The molecule has 0 aliphatic carbocycles. The molecule has 0 bridgehead atoms. The van der Waals surface area contributed by atoms with Gasteiger partial charge in [0.15, 0.2) is 6.29 Å². The summed E-state index contributed by atoms with van der Waals surface area (Å²) < 4.78 is 10.3. The lowest BCUT2D eigenvalue weighted by Gasteiger charge is -2.18. The highest BCUT2D eigenvalue weighted by atomic mass is 16.7. The standard InChI is InChI=1S/C13H22N2O2/c1-15(2)10-11-7-5-6-8-12(11)14-9-13(16-3)17-4/h5-8,13-14H,9-10H2,1-4H3. The molecule has 0 aliphatic rings. The molecule has 4 heteroatoms. The maximum absolute atomic E-state index is 5.15. The number of hydrogen-bond acceptors (Lipinski definition) is 4. The largest absolute Gasteiger partial charge is 0.380 e. The Morgan fingerprint density at radius 1 is 1.18 bits per heavy atom. The molecule has 0 aromatic heterocycles. The fourth-order valence-corrected chi connectivity index (χ4v) is 1.63. The van der Waals surface area contributed by atoms with Crippen molar-refractivity contribution in [2.75, 3.05) is 40.2 Å². The topological polar surface area (TPSA) is 33.7 Å². The van der Waals surface area contributed by atoms with E-state index in [1.807, 2.05) is 12.1 Å². The van der Waals surface area contributed by atoms with Crippen molar-refractivity contribution in [3.05, 3.63) is 29.8 Å². The molecule has 0 atom stereocenters. The third-order valence-corrected chi connectivity index (χ3v) is 2.49. The molecule has 1 N–H and O–H groups in total. The molecular formula is C13H22N2O2. The molecule has 0 unspecified atom stereocenters. The third kappa shape index (κ3) is 4.73. The maximum Gasteiger partial charge on any atom is 0.173 e. The van der Waals surface area contributed by atoms with E-state index in [4.69, 9.17) is 9.47 Å². The van der Waals surface area contributed by atoms with Gasteiger partial charge >= 0.3 is 0 Å². The second-order valence-corrected chi connectivity index (χ2v) is 4.18. The summed E-state index contributed by atoms with van der Waals surface area (Å²) in [6.07, 6.45) is -0.220. The Hall–Kier alpha value is -1.10. The summed E-state index contributed by atoms with van der Waals surface area (Å²) in [5, 5.41) is 3.34. The molecule has 0 aliphatic heterocycles. The lowest BCUT2D eigenvalue weighted by Crippen LogP contribution is -2.24. The molecule has 17 heavy (non-hydrogen) atoms. The first-order valence-corrected chi connectivity index (χ1v) is 5.69. The van der Waals surface area contributed by atoms with Gasteiger partial charge in [0.1, 0.15) is 0 Å². The maximum atomic E-state index is 5.15. The van der Waals surface area contributed by atoms with E-state index in [1.165, 1.54) is 5.56 Å². The van der Waals surface area contributed by atoms with Gasteiger partial charge in [0.2, 0.25) is 0 Å². The highest BCUT2D eigenvalue weighted by Gasteiger charge is 2.07. The number of nitrogens with zero attached hydrogens (tertiary/aromatic N) is 1. The van der Waals surface area contributed by atoms with Crippen molar-refractivity contribution < 1.29 is 9.47 Å². The van der Waals surface area contributed by atoms with Crippen LogP contribution in [0.25, 0.3) is 0 Å². The molecule has 0 spiro atoms. The molecule has 1 rings (SSSR count). The quantitative estimate of drug-likeness (QED) is 0.734. The zero-order valence-electron chi connectivity index (χ0n) is 11.1. The van der Waals surface area contributed by atoms with E-state index in [2.05, 4.69) is 36.4 Å². The monoisotopic (exact) mass is 238 g/mol. The zero-order valence-corrected chi connectivity index (χ0v) is 11.1. The van der Waals surface area contributed by atoms with Crippen LogP contribution in [0.1, 0.15) is 5.56 Å². The van der Waals surface area contributed by atoms with Gasteiger partial charge in [0.05, 0.1) is 6.54 Å². The van der Waals surface area contributed by atoms with E-state index >= 15 is 0 Å². The van der Waals surface area contributed by atoms with Crippen molar-refractivity contribution in [1.29, 1.82) is 0 Å². The number of benzene rings is 1. The third-order valence-electron chi connectivity index (χ3n) is 2.49. The normalized spacial score (nSPS) is 11.2. The van der Waals surface area contributed by atoms with Crippen molar-refractivity contribution >= 4 is 5.69 Å². The molecule has 0 radical (unpaired) electrons. The minimum Gasteiger partial charge on any atom is -0.380 e. The van der Waals surface area contributed by atoms with Crippen LogP contribution in [-0.2, 0) is 16.0 Å². The first-order chi connectivity index (χ1) is 8.17. The molecule has 0 saturated heterocycles. The molecular weight excluding hydrogens is 216 g/mol. The van der Waals surface area contributed by atoms with Crippen molar-refractivity contribution in [2.45, 2.75) is 12.8 Å². The molecule has 1 aromatic rings. The highest BCUT2D eigenvalue weighted by Crippen LogP contribution is 2.16. The van der Waals surface area contributed by atoms with Gasteiger partial charge in [-0.05, 0) is 25.7 Å². The predicted molar refractivity (Wildman–Crippen MR) is 70.1 cm³/mol. The van der Waals surface area contributed by atoms with Crippen LogP contribution in [0.3, 0.4) is 0 Å². The van der Waals surface area contributed by atoms with E-state index in [-0.39, 0.29) is 6.29 Å². The Morgan fingerprint density at radius 3 is 2.41 bits per heavy atom. The average molecular weight is 238 g/mol. The van der Waals surface area contributed by atoms with E-state index in [1.54, 1.807) is 14.2 Å². The van der Waals surface area contributed by atoms with Gasteiger partial charge in [-0.1, -0.05) is 18.2 Å². The smallest absolute Gasteiger partial charge is 0.173 e. The summed E-state index contributed by atoms with van der Waals surface area (Å²) in [6.45, 7) is 1.55. The van der Waals surface area contributed by atoms with Crippen LogP contribution in [0.2, 0.25) is 0 Å². The van der Waals surface area contributed by atoms with Gasteiger partial charge in [-0.2, -0.15) is 0 Å². The van der Waals surface area contributed by atoms with Crippen LogP contribution >= 0.6 is 0 Å². The number of nitrogens with one attached hydrogen (secondary N) is 1. The van der Waals surface area contributed by atoms with Crippen molar-refractivity contribution in [3.63, 3.8) is 0 Å². The Morgan fingerprint density at radius 2 is 1.82 bits per heavy atom. The molecule has 0 fully saturated rings. The number of ether oxygens (including phenoxy) is 2. The minimum absolute atomic E-state index is 0.220. The molecule has 96 valence electrons. The van der Waals surface area contributed by atoms with Gasteiger partial charge in [0.25, 0.3) is 0 Å². The number of anilines is 1. The summed E-state index contributed by atoms with van der Waals surface area (Å²) in [5.41, 5.74) is 2.39. The van der Waals surface area contributed by atoms with Crippen LogP contribution in [-0.4, -0.2) is 46.0 Å². The Balaban J connectivity index is 2.63. The summed E-state index contributed by atoms with van der Waals surface area (Å²) in [7, 11) is 7.40. The average Bonchev–Trinajstić information content (AvgIpc) is 2.31. The van der Waals surface area contributed by atoms with E-state index in [0.29, 0.717) is 6.54 Å². The predicted octanol–water partition coefficient (Wildman–Crippen LogP) is 1.78. The van der Waals surface area contributed by atoms with Crippen molar-refractivity contribution in [3.8, 4) is 0 Å². The molecule has 1 aromatic carbocycles. The van der Waals surface area contributed by atoms with Gasteiger partial charge in [-0.15, -0.1) is 0 Å². The SMILES string of the molecule is COC(CNc1ccccc1CN(C)C)OC. The van der Waals surface area contributed by atoms with E-state index in [9.17, 15) is 0 Å². The summed E-state index contributed by atoms with van der Waals surface area (Å²) in [6, 6.07) is 8.27. The van der Waals surface area contributed by atoms with Crippen LogP contribution in [0.15, 0.2) is 24.3 Å². The molecule has 0 amide bonds. The summed E-state index contributed by atoms with van der Waals surface area (Å²) in [5.74, 6) is 0. The first kappa shape index (κ1) is 14.0. The summed E-state index contributed by atoms with van der Waals surface area (Å²) >= 11 is 0. The Labute approximate surface area is 104 Å². The van der Waals surface area contributed by atoms with Gasteiger partial charge in [0, 0.05) is 26.5 Å². The lowest BCUT2D eigenvalue weighted by molar-refractivity contribution is -0.0914. The number of rotatable bonds is 7. The second kappa shape index (κ2) is 7.27. The molecule has 0 heterocycles. The fraction of sp³-hybridized carbons (Fsp3) is 0.538. The number of methoxy groups -OCH3 is 2. The van der Waals surface area contributed by atoms with Gasteiger partial charge < -0.3 is 19.7 Å². The molecule has 0 saturated carbocycles. The van der Waals surface area contributed by atoms with E-state index < -0.39 is 0 Å². The minimum atomic E-state index is -0.220. The first-order valence-electron chi connectivity index (χ1n) is 5.69. The Kier molecular flexibility index (Phi) is 5.97. The van der Waals surface area contributed by atoms with Crippen molar-refractivity contribution in [1.82, 2.24) is 4.90 Å². The van der Waals surface area contributed by atoms with Crippen LogP contribution < -0.4 is 5.32 Å². The van der Waals surface area contributed by atoms with Crippen LogP contribution in [0, 0.1) is 0 Å². The Bertz CT molecular complexity index is 325. The number of hydrogen-bond donors (Lipinski definition) is 1. The zero-order chi connectivity index (χ0) is 12.7. The van der Waals surface area contributed by atoms with Crippen molar-refractivity contribution in [2.24, 2.45) is 0 Å². The summed E-state index contributed by atoms with van der Waals surface area (Å²) in [4.78, 5) is 2.14. The fourth-order valence-electron chi connectivity index (χ4n) is 1.63. The van der Waals surface area contributed by atoms with E-state index in [0.717, 1.165) is 12.2 Å². The second-order valence-electron chi connectivity index (χ2n) is 4.18. The molecule has 4 nitrogen and oxygen atoms in total. The van der Waals surface area contributed by atoms with Gasteiger partial charge in [-0.3, -0.25) is 0 Å². The lowest BCUT2D eigenvalue weighted by atomic mass is 10.1. The number of para-hydroxylation sites is 1. The van der Waals surface area contributed by atoms with Crippen LogP contribution in [0.5, 0.6) is 0 Å².